The number of pyridine rings is 1. The molecule has 4 aliphatic rings. The van der Waals surface area contributed by atoms with E-state index in [4.69, 9.17) is 28.9 Å². The lowest BCUT2D eigenvalue weighted by atomic mass is 9.95. The number of fused-ring (bicyclic) bond motifs is 4. The molecule has 62 heavy (non-hydrogen) atoms. The second kappa shape index (κ2) is 17.1. The highest BCUT2D eigenvalue weighted by Gasteiger charge is 2.51. The number of aromatic nitrogens is 3. The molecule has 2 aromatic heterocycles. The van der Waals surface area contributed by atoms with Gasteiger partial charge in [-0.05, 0) is 97.7 Å². The van der Waals surface area contributed by atoms with Crippen molar-refractivity contribution in [1.29, 1.82) is 0 Å². The summed E-state index contributed by atoms with van der Waals surface area (Å²) in [5.41, 5.74) is 6.59. The van der Waals surface area contributed by atoms with Crippen LogP contribution in [0.15, 0.2) is 30.3 Å². The SMILES string of the molecule is CC(C)[Si](C#Cc1c(F)ccc2cccc(-c3nc4c5c(nc(OC[C@@]67CCCN6[C@H](CO[Si](C)(C)C(C)(C)C)CC7)nc5c3F)N3CCCOC[C@@H]3CC4)c12)(C(C)C)C(C)C. The molecule has 6 heterocycles. The summed E-state index contributed by atoms with van der Waals surface area (Å²) in [6.07, 6.45) is 6.38. The Hall–Kier alpha value is -3.48. The first-order valence-corrected chi connectivity index (χ1v) is 28.6. The lowest BCUT2D eigenvalue weighted by molar-refractivity contribution is 0.0663. The molecule has 8 nitrogen and oxygen atoms in total. The van der Waals surface area contributed by atoms with Gasteiger partial charge < -0.3 is 18.8 Å². The first-order valence-electron chi connectivity index (χ1n) is 23.4. The number of aryl methyl sites for hydroxylation is 1. The van der Waals surface area contributed by atoms with Crippen LogP contribution in [0.1, 0.15) is 112 Å². The van der Waals surface area contributed by atoms with Gasteiger partial charge in [0.2, 0.25) is 0 Å². The Labute approximate surface area is 371 Å². The molecule has 334 valence electrons. The number of nitrogens with zero attached hydrogens (tertiary/aromatic N) is 5. The van der Waals surface area contributed by atoms with Gasteiger partial charge >= 0.3 is 6.01 Å². The van der Waals surface area contributed by atoms with Crippen molar-refractivity contribution in [1.82, 2.24) is 19.9 Å². The average Bonchev–Trinajstić information content (AvgIpc) is 3.63. The molecule has 2 aromatic carbocycles. The third-order valence-corrected chi connectivity index (χ3v) is 26.5. The quantitative estimate of drug-likeness (QED) is 0.115. The molecule has 0 radical (unpaired) electrons. The molecule has 12 heteroatoms. The molecule has 0 amide bonds. The monoisotopic (exact) mass is 881 g/mol. The summed E-state index contributed by atoms with van der Waals surface area (Å²) >= 11 is 0. The molecule has 0 aliphatic carbocycles. The fourth-order valence-corrected chi connectivity index (χ4v) is 17.5. The molecule has 3 atom stereocenters. The summed E-state index contributed by atoms with van der Waals surface area (Å²) < 4.78 is 53.7. The number of halogens is 2. The van der Waals surface area contributed by atoms with Crippen molar-refractivity contribution < 1.29 is 22.7 Å². The smallest absolute Gasteiger partial charge is 0.319 e. The molecular formula is C50H69F2N5O3Si2. The zero-order valence-electron chi connectivity index (χ0n) is 39.2. The maximum atomic E-state index is 17.8. The number of hydrogen-bond donors (Lipinski definition) is 0. The highest BCUT2D eigenvalue weighted by molar-refractivity contribution is 6.90. The van der Waals surface area contributed by atoms with Crippen LogP contribution in [0.5, 0.6) is 6.01 Å². The Morgan fingerprint density at radius 2 is 1.68 bits per heavy atom. The van der Waals surface area contributed by atoms with Crippen molar-refractivity contribution >= 4 is 43.9 Å². The summed E-state index contributed by atoms with van der Waals surface area (Å²) in [6, 6.07) is 9.50. The van der Waals surface area contributed by atoms with Crippen molar-refractivity contribution in [2.75, 3.05) is 44.4 Å². The number of ether oxygens (including phenoxy) is 2. The van der Waals surface area contributed by atoms with E-state index in [0.29, 0.717) is 76.6 Å². The summed E-state index contributed by atoms with van der Waals surface area (Å²) in [6.45, 7) is 29.2. The first kappa shape index (κ1) is 45.1. The fraction of sp³-hybridized carbons (Fsp3) is 0.620. The largest absolute Gasteiger partial charge is 0.461 e. The summed E-state index contributed by atoms with van der Waals surface area (Å²) in [7, 11) is -4.14. The average molecular weight is 882 g/mol. The maximum absolute atomic E-state index is 17.8. The summed E-state index contributed by atoms with van der Waals surface area (Å²) in [5.74, 6) is 3.10. The number of benzene rings is 2. The van der Waals surface area contributed by atoms with Gasteiger partial charge in [0.1, 0.15) is 37.5 Å². The molecule has 0 bridgehead atoms. The Balaban J connectivity index is 1.23. The van der Waals surface area contributed by atoms with Gasteiger partial charge in [0, 0.05) is 36.8 Å². The van der Waals surface area contributed by atoms with Crippen LogP contribution in [0.4, 0.5) is 14.6 Å². The van der Waals surface area contributed by atoms with Gasteiger partial charge in [-0.15, -0.1) is 5.54 Å². The van der Waals surface area contributed by atoms with E-state index in [1.165, 1.54) is 6.07 Å². The predicted octanol–water partition coefficient (Wildman–Crippen LogP) is 11.6. The van der Waals surface area contributed by atoms with Gasteiger partial charge in [0.25, 0.3) is 0 Å². The Morgan fingerprint density at radius 3 is 2.40 bits per heavy atom. The van der Waals surface area contributed by atoms with Crippen molar-refractivity contribution in [2.45, 2.75) is 160 Å². The molecule has 0 spiro atoms. The van der Waals surface area contributed by atoms with E-state index in [1.807, 2.05) is 18.2 Å². The van der Waals surface area contributed by atoms with E-state index in [9.17, 15) is 0 Å². The van der Waals surface area contributed by atoms with Crippen LogP contribution in [0.2, 0.25) is 34.8 Å². The molecule has 3 fully saturated rings. The second-order valence-corrected chi connectivity index (χ2v) is 31.5. The van der Waals surface area contributed by atoms with E-state index >= 15 is 8.78 Å². The fourth-order valence-electron chi connectivity index (χ4n) is 11.3. The third-order valence-electron chi connectivity index (χ3n) is 15.7. The van der Waals surface area contributed by atoms with Gasteiger partial charge in [-0.1, -0.05) is 92.5 Å². The normalized spacial score (nSPS) is 22.3. The molecular weight excluding hydrogens is 813 g/mol. The number of rotatable bonds is 10. The molecule has 0 N–H and O–H groups in total. The topological polar surface area (TPSA) is 72.8 Å². The molecule has 0 saturated carbocycles. The van der Waals surface area contributed by atoms with E-state index in [-0.39, 0.29) is 33.8 Å². The third kappa shape index (κ3) is 7.90. The van der Waals surface area contributed by atoms with Crippen molar-refractivity contribution in [3.05, 3.63) is 53.2 Å². The number of anilines is 1. The van der Waals surface area contributed by atoms with E-state index in [1.54, 1.807) is 6.07 Å². The zero-order chi connectivity index (χ0) is 44.4. The Bertz CT molecular complexity index is 2370. The van der Waals surface area contributed by atoms with Crippen LogP contribution >= 0.6 is 0 Å². The van der Waals surface area contributed by atoms with Crippen LogP contribution in [-0.4, -0.2) is 93.4 Å². The second-order valence-electron chi connectivity index (χ2n) is 21.1. The minimum Gasteiger partial charge on any atom is -0.461 e. The van der Waals surface area contributed by atoms with Crippen molar-refractivity contribution in [3.8, 4) is 28.7 Å². The van der Waals surface area contributed by atoms with Crippen LogP contribution < -0.4 is 9.64 Å². The van der Waals surface area contributed by atoms with E-state index < -0.39 is 28.0 Å². The standard InChI is InChI=1S/C50H69F2N5O3Si2/c1-32(2)62(33(3)4,34(5)6)28-22-38-40(51)19-17-35-15-12-16-39(42(35)38)45-44(52)46-43-41(53-45)20-18-36-29-58-27-14-25-56(36)47(43)55-48(54-46)59-31-50-23-13-26-57(50)37(21-24-50)30-60-61(10,11)49(7,8)9/h12,15-17,19,32-34,36-37H,13-14,18,20-21,23-27,29-31H2,1-11H3/t36-,37-,50-/m0/s1. The molecule has 4 aliphatic heterocycles. The predicted molar refractivity (Wildman–Crippen MR) is 253 cm³/mol. The molecule has 3 saturated heterocycles. The van der Waals surface area contributed by atoms with Gasteiger partial charge in [-0.25, -0.2) is 13.8 Å². The Morgan fingerprint density at radius 1 is 0.919 bits per heavy atom. The lowest BCUT2D eigenvalue weighted by Gasteiger charge is -2.39. The molecule has 0 unspecified atom stereocenters. The van der Waals surface area contributed by atoms with Gasteiger partial charge in [0.15, 0.2) is 14.1 Å². The molecule has 4 aromatic rings. The Kier molecular flexibility index (Phi) is 12.5. The first-order chi connectivity index (χ1) is 29.4. The van der Waals surface area contributed by atoms with Gasteiger partial charge in [0.05, 0.1) is 34.8 Å². The lowest BCUT2D eigenvalue weighted by Crippen LogP contribution is -2.50. The van der Waals surface area contributed by atoms with Crippen LogP contribution in [0, 0.1) is 23.1 Å². The van der Waals surface area contributed by atoms with Gasteiger partial charge in [-0.3, -0.25) is 4.90 Å². The number of hydrogen-bond acceptors (Lipinski definition) is 8. The summed E-state index contributed by atoms with van der Waals surface area (Å²) in [5, 5.41) is 2.14. The van der Waals surface area contributed by atoms with Crippen LogP contribution in [0.25, 0.3) is 32.9 Å². The minimum absolute atomic E-state index is 0.0467. The van der Waals surface area contributed by atoms with Crippen LogP contribution in [-0.2, 0) is 15.6 Å². The summed E-state index contributed by atoms with van der Waals surface area (Å²) in [4.78, 5) is 20.2. The van der Waals surface area contributed by atoms with E-state index in [2.05, 4.69) is 96.7 Å². The van der Waals surface area contributed by atoms with Crippen LogP contribution in [0.3, 0.4) is 0 Å². The van der Waals surface area contributed by atoms with Gasteiger partial charge in [-0.2, -0.15) is 9.97 Å². The van der Waals surface area contributed by atoms with Crippen molar-refractivity contribution in [3.63, 3.8) is 0 Å². The van der Waals surface area contributed by atoms with Crippen molar-refractivity contribution in [2.24, 2.45) is 0 Å². The maximum Gasteiger partial charge on any atom is 0.319 e. The zero-order valence-corrected chi connectivity index (χ0v) is 41.2. The highest BCUT2D eigenvalue weighted by Crippen LogP contribution is 2.46. The highest BCUT2D eigenvalue weighted by atomic mass is 28.4. The molecule has 8 rings (SSSR count). The van der Waals surface area contributed by atoms with E-state index in [0.717, 1.165) is 69.3 Å². The minimum atomic E-state index is -2.23.